The third-order valence-corrected chi connectivity index (χ3v) is 12.0. The Labute approximate surface area is 402 Å². The predicted molar refractivity (Wildman–Crippen MR) is 282 cm³/mol. The molecule has 0 aliphatic rings. The lowest BCUT2D eigenvalue weighted by molar-refractivity contribution is -0.150. The van der Waals surface area contributed by atoms with Crippen molar-refractivity contribution in [2.75, 3.05) is 6.61 Å². The van der Waals surface area contributed by atoms with Crippen LogP contribution in [0.4, 0.5) is 0 Å². The van der Waals surface area contributed by atoms with Crippen LogP contribution in [0.2, 0.25) is 0 Å². The van der Waals surface area contributed by atoms with E-state index in [1.54, 1.807) is 0 Å². The van der Waals surface area contributed by atoms with Gasteiger partial charge in [-0.05, 0) is 70.6 Å². The topological polar surface area (TPSA) is 95.9 Å². The molecule has 3 unspecified atom stereocenters. The molecule has 0 aliphatic carbocycles. The molecule has 0 aliphatic heterocycles. The number of aliphatic hydroxyl groups is 2. The first-order valence-electron chi connectivity index (χ1n) is 27.3. The van der Waals surface area contributed by atoms with Crippen molar-refractivity contribution in [3.63, 3.8) is 0 Å². The molecule has 0 rings (SSSR count). The van der Waals surface area contributed by atoms with E-state index in [4.69, 9.17) is 4.74 Å². The maximum Gasteiger partial charge on any atom is 0.306 e. The molecule has 3 N–H and O–H groups in total. The number of amides is 1. The molecular formula is C59H103NO5. The van der Waals surface area contributed by atoms with Gasteiger partial charge in [-0.3, -0.25) is 9.59 Å². The average Bonchev–Trinajstić information content (AvgIpc) is 3.30. The van der Waals surface area contributed by atoms with Crippen LogP contribution in [-0.2, 0) is 14.3 Å². The molecule has 6 nitrogen and oxygen atoms in total. The van der Waals surface area contributed by atoms with Crippen LogP contribution >= 0.6 is 0 Å². The third kappa shape index (κ3) is 47.3. The van der Waals surface area contributed by atoms with Gasteiger partial charge >= 0.3 is 5.97 Å². The Bertz CT molecular complexity index is 1250. The summed E-state index contributed by atoms with van der Waals surface area (Å²) in [6, 6.07) is -0.742. The molecular weight excluding hydrogens is 803 g/mol. The first-order valence-corrected chi connectivity index (χ1v) is 27.3. The highest BCUT2D eigenvalue weighted by molar-refractivity contribution is 5.77. The van der Waals surface area contributed by atoms with Gasteiger partial charge in [-0.25, -0.2) is 0 Å². The van der Waals surface area contributed by atoms with Crippen molar-refractivity contribution in [2.45, 2.75) is 270 Å². The molecule has 0 saturated heterocycles. The van der Waals surface area contributed by atoms with Crippen molar-refractivity contribution < 1.29 is 24.5 Å². The minimum atomic E-state index is -0.821. The van der Waals surface area contributed by atoms with Crippen LogP contribution in [-0.4, -0.2) is 46.9 Å². The van der Waals surface area contributed by atoms with E-state index in [0.717, 1.165) is 83.5 Å². The van der Waals surface area contributed by atoms with Gasteiger partial charge in [0.05, 0.1) is 25.2 Å². The zero-order valence-corrected chi connectivity index (χ0v) is 42.6. The average molecular weight is 906 g/mol. The van der Waals surface area contributed by atoms with Gasteiger partial charge in [-0.1, -0.05) is 247 Å². The molecule has 0 fully saturated rings. The maximum absolute atomic E-state index is 13.2. The minimum Gasteiger partial charge on any atom is -0.461 e. The molecule has 0 saturated carbocycles. The van der Waals surface area contributed by atoms with E-state index in [1.165, 1.54) is 122 Å². The zero-order chi connectivity index (χ0) is 47.4. The molecule has 65 heavy (non-hydrogen) atoms. The Kier molecular flexibility index (Phi) is 49.6. The van der Waals surface area contributed by atoms with Crippen LogP contribution in [0.5, 0.6) is 0 Å². The van der Waals surface area contributed by atoms with Gasteiger partial charge in [0.15, 0.2) is 0 Å². The number of unbranched alkanes of at least 4 members (excludes halogenated alkanes) is 24. The summed E-state index contributed by atoms with van der Waals surface area (Å²) in [6.45, 7) is 6.34. The number of esters is 1. The Balaban J connectivity index is 4.73. The number of hydrogen-bond acceptors (Lipinski definition) is 5. The Morgan fingerprint density at radius 3 is 1.34 bits per heavy atom. The van der Waals surface area contributed by atoms with Crippen LogP contribution in [0.25, 0.3) is 0 Å². The standard InChI is InChI=1S/C59H103NO5/c1-4-7-10-13-16-19-22-25-28-31-34-37-40-43-46-49-52-59(64)65-55(50-47-44-41-38-35-32-29-26-23-20-17-14-11-8-5-2)53-58(63)60-56(54-61)57(62)51-48-45-42-39-36-33-30-27-24-21-18-15-12-9-6-3/h8,11,17,20,26,28-29,31,34-35,37-38,44,47,55-57,61-62H,4-7,9-10,12-16,18-19,21-25,27,30,32-33,36,39-43,45-46,48-54H2,1-3H3,(H,60,63)/b11-8-,20-17-,29-26-,31-28+,37-34+,38-35-,47-44-. The lowest BCUT2D eigenvalue weighted by Gasteiger charge is -2.24. The summed E-state index contributed by atoms with van der Waals surface area (Å²) in [7, 11) is 0. The highest BCUT2D eigenvalue weighted by Gasteiger charge is 2.23. The van der Waals surface area contributed by atoms with Gasteiger partial charge in [0.2, 0.25) is 5.91 Å². The number of allylic oxidation sites excluding steroid dienone is 13. The van der Waals surface area contributed by atoms with Gasteiger partial charge in [0.1, 0.15) is 6.10 Å². The van der Waals surface area contributed by atoms with Crippen LogP contribution < -0.4 is 5.32 Å². The third-order valence-electron chi connectivity index (χ3n) is 12.0. The number of ether oxygens (including phenoxy) is 1. The largest absolute Gasteiger partial charge is 0.461 e. The lowest BCUT2D eigenvalue weighted by Crippen LogP contribution is -2.46. The molecule has 374 valence electrons. The maximum atomic E-state index is 13.2. The minimum absolute atomic E-state index is 0.0144. The molecule has 3 atom stereocenters. The molecule has 0 aromatic rings. The molecule has 6 heteroatoms. The Morgan fingerprint density at radius 1 is 0.492 bits per heavy atom. The van der Waals surface area contributed by atoms with Crippen molar-refractivity contribution in [1.82, 2.24) is 5.32 Å². The molecule has 0 spiro atoms. The normalized spacial score (nSPS) is 13.9. The van der Waals surface area contributed by atoms with Gasteiger partial charge in [-0.15, -0.1) is 0 Å². The fraction of sp³-hybridized carbons (Fsp3) is 0.729. The molecule has 0 bridgehead atoms. The van der Waals surface area contributed by atoms with Crippen LogP contribution in [0, 0.1) is 0 Å². The highest BCUT2D eigenvalue weighted by Crippen LogP contribution is 2.16. The van der Waals surface area contributed by atoms with E-state index in [-0.39, 0.29) is 24.9 Å². The van der Waals surface area contributed by atoms with Gasteiger partial charge in [-0.2, -0.15) is 0 Å². The Morgan fingerprint density at radius 2 is 0.892 bits per heavy atom. The van der Waals surface area contributed by atoms with Crippen molar-refractivity contribution in [3.05, 3.63) is 85.1 Å². The predicted octanol–water partition coefficient (Wildman–Crippen LogP) is 16.7. The summed E-state index contributed by atoms with van der Waals surface area (Å²) in [4.78, 5) is 26.2. The van der Waals surface area contributed by atoms with Crippen molar-refractivity contribution in [3.8, 4) is 0 Å². The fourth-order valence-corrected chi connectivity index (χ4v) is 7.86. The van der Waals surface area contributed by atoms with Crippen LogP contribution in [0.3, 0.4) is 0 Å². The van der Waals surface area contributed by atoms with E-state index in [0.29, 0.717) is 19.3 Å². The highest BCUT2D eigenvalue weighted by atomic mass is 16.5. The fourth-order valence-electron chi connectivity index (χ4n) is 7.86. The van der Waals surface area contributed by atoms with Gasteiger partial charge in [0, 0.05) is 12.8 Å². The van der Waals surface area contributed by atoms with E-state index in [1.807, 2.05) is 12.2 Å². The quantitative estimate of drug-likeness (QED) is 0.0245. The summed E-state index contributed by atoms with van der Waals surface area (Å²) in [6.07, 6.45) is 68.0. The van der Waals surface area contributed by atoms with Gasteiger partial charge in [0.25, 0.3) is 0 Å². The second kappa shape index (κ2) is 52.0. The van der Waals surface area contributed by atoms with Crippen LogP contribution in [0.1, 0.15) is 252 Å². The van der Waals surface area contributed by atoms with Crippen molar-refractivity contribution >= 4 is 11.9 Å². The first kappa shape index (κ1) is 62.0. The monoisotopic (exact) mass is 906 g/mol. The summed E-state index contributed by atoms with van der Waals surface area (Å²) in [5.74, 6) is -0.612. The SMILES string of the molecule is CC/C=C\C/C=C\C/C=C\C/C=C\C/C=C\CC(CC(=O)NC(CO)C(O)CCCCCCCCCCCCCCCCC)OC(=O)CCCCC/C=C/C=C/CCCCCCCCC. The van der Waals surface area contributed by atoms with Crippen molar-refractivity contribution in [1.29, 1.82) is 0 Å². The molecule has 0 aromatic heterocycles. The number of aliphatic hydroxyl groups excluding tert-OH is 2. The molecule has 1 amide bonds. The molecule has 0 heterocycles. The molecule has 0 radical (unpaired) electrons. The smallest absolute Gasteiger partial charge is 0.306 e. The summed E-state index contributed by atoms with van der Waals surface area (Å²) in [5, 5.41) is 23.8. The van der Waals surface area contributed by atoms with Crippen LogP contribution in [0.15, 0.2) is 85.1 Å². The zero-order valence-electron chi connectivity index (χ0n) is 42.6. The number of carbonyl (C=O) groups is 2. The second-order valence-corrected chi connectivity index (χ2v) is 18.3. The summed E-state index contributed by atoms with van der Waals surface area (Å²) < 4.78 is 5.87. The number of carbonyl (C=O) groups excluding carboxylic acids is 2. The Hall–Kier alpha value is -2.96. The number of rotatable bonds is 48. The van der Waals surface area contributed by atoms with E-state index >= 15 is 0 Å². The first-order chi connectivity index (χ1) is 32.0. The van der Waals surface area contributed by atoms with E-state index in [2.05, 4.69) is 99.0 Å². The lowest BCUT2D eigenvalue weighted by atomic mass is 10.0. The van der Waals surface area contributed by atoms with Crippen molar-refractivity contribution in [2.24, 2.45) is 0 Å². The van der Waals surface area contributed by atoms with E-state index in [9.17, 15) is 19.8 Å². The number of hydrogen-bond donors (Lipinski definition) is 3. The molecule has 0 aromatic carbocycles. The summed E-state index contributed by atoms with van der Waals surface area (Å²) in [5.41, 5.74) is 0. The second-order valence-electron chi connectivity index (χ2n) is 18.3. The number of nitrogens with one attached hydrogen (secondary N) is 1. The van der Waals surface area contributed by atoms with Gasteiger partial charge < -0.3 is 20.3 Å². The summed E-state index contributed by atoms with van der Waals surface area (Å²) >= 11 is 0. The van der Waals surface area contributed by atoms with E-state index < -0.39 is 18.2 Å².